The Morgan fingerprint density at radius 3 is 2.83 bits per heavy atom. The van der Waals surface area contributed by atoms with Crippen molar-refractivity contribution in [2.75, 3.05) is 13.1 Å². The molecule has 122 valence electrons. The first-order chi connectivity index (χ1) is 11.1. The van der Waals surface area contributed by atoms with Crippen molar-refractivity contribution in [2.45, 2.75) is 25.1 Å². The monoisotopic (exact) mass is 318 g/mol. The van der Waals surface area contributed by atoms with Crippen molar-refractivity contribution in [3.8, 4) is 0 Å². The van der Waals surface area contributed by atoms with Gasteiger partial charge in [0, 0.05) is 12.6 Å². The molecule has 2 atom stereocenters. The molecule has 1 saturated heterocycles. The summed E-state index contributed by atoms with van der Waals surface area (Å²) in [6.07, 6.45) is 1.61. The van der Waals surface area contributed by atoms with Crippen LogP contribution in [-0.4, -0.2) is 35.1 Å². The Labute approximate surface area is 133 Å². The second kappa shape index (κ2) is 6.93. The molecule has 1 aliphatic rings. The van der Waals surface area contributed by atoms with Crippen LogP contribution in [0.1, 0.15) is 23.8 Å². The molecule has 2 N–H and O–H groups in total. The number of amides is 1. The first-order valence-electron chi connectivity index (χ1n) is 7.58. The average Bonchev–Trinajstić information content (AvgIpc) is 3.16. The third kappa shape index (κ3) is 3.97. The van der Waals surface area contributed by atoms with Gasteiger partial charge in [0.05, 0.1) is 25.5 Å². The topological polar surface area (TPSA) is 65.7 Å². The number of likely N-dealkylation sites (tertiary alicyclic amines) is 1. The van der Waals surface area contributed by atoms with Gasteiger partial charge in [-0.15, -0.1) is 0 Å². The number of hydrogen-bond acceptors (Lipinski definition) is 4. The number of furan rings is 1. The van der Waals surface area contributed by atoms with Gasteiger partial charge in [0.25, 0.3) is 0 Å². The second-order valence-electron chi connectivity index (χ2n) is 5.74. The molecule has 1 aromatic heterocycles. The molecule has 1 aliphatic heterocycles. The van der Waals surface area contributed by atoms with Gasteiger partial charge in [-0.25, -0.2) is 4.39 Å². The third-order valence-corrected chi connectivity index (χ3v) is 4.02. The van der Waals surface area contributed by atoms with E-state index >= 15 is 0 Å². The lowest BCUT2D eigenvalue weighted by Gasteiger charge is -2.23. The van der Waals surface area contributed by atoms with Crippen LogP contribution in [0.2, 0.25) is 0 Å². The molecule has 1 aromatic carbocycles. The van der Waals surface area contributed by atoms with E-state index in [9.17, 15) is 14.3 Å². The fourth-order valence-corrected chi connectivity index (χ4v) is 2.93. The van der Waals surface area contributed by atoms with Crippen LogP contribution in [0.3, 0.4) is 0 Å². The van der Waals surface area contributed by atoms with Gasteiger partial charge in [-0.05, 0) is 36.2 Å². The number of hydrogen-bond donors (Lipinski definition) is 2. The SMILES string of the molecule is O=C(CN1C[C@@H](O)C[C@@H]1c1ccc(F)cc1)NCc1ccco1. The van der Waals surface area contributed by atoms with Crippen LogP contribution in [0.4, 0.5) is 4.39 Å². The zero-order valence-corrected chi connectivity index (χ0v) is 12.6. The summed E-state index contributed by atoms with van der Waals surface area (Å²) in [7, 11) is 0. The van der Waals surface area contributed by atoms with Gasteiger partial charge in [-0.3, -0.25) is 9.69 Å². The van der Waals surface area contributed by atoms with E-state index < -0.39 is 6.10 Å². The Morgan fingerprint density at radius 2 is 2.13 bits per heavy atom. The summed E-state index contributed by atoms with van der Waals surface area (Å²) < 4.78 is 18.2. The third-order valence-electron chi connectivity index (χ3n) is 4.02. The van der Waals surface area contributed by atoms with Gasteiger partial charge in [0.15, 0.2) is 0 Å². The number of benzene rings is 1. The molecule has 2 aromatic rings. The number of carbonyl (C=O) groups is 1. The Kier molecular flexibility index (Phi) is 4.73. The zero-order chi connectivity index (χ0) is 16.2. The van der Waals surface area contributed by atoms with Gasteiger partial charge < -0.3 is 14.8 Å². The summed E-state index contributed by atoms with van der Waals surface area (Å²) in [6.45, 7) is 0.944. The lowest BCUT2D eigenvalue weighted by molar-refractivity contribution is -0.122. The maximum atomic E-state index is 13.1. The molecular formula is C17H19FN2O3. The number of carbonyl (C=O) groups excluding carboxylic acids is 1. The first kappa shape index (κ1) is 15.7. The van der Waals surface area contributed by atoms with E-state index in [4.69, 9.17) is 4.42 Å². The summed E-state index contributed by atoms with van der Waals surface area (Å²) in [5.41, 5.74) is 0.904. The van der Waals surface area contributed by atoms with Crippen LogP contribution >= 0.6 is 0 Å². The van der Waals surface area contributed by atoms with E-state index in [-0.39, 0.29) is 24.3 Å². The summed E-state index contributed by atoms with van der Waals surface area (Å²) in [4.78, 5) is 14.0. The van der Waals surface area contributed by atoms with Crippen molar-refractivity contribution >= 4 is 5.91 Å². The molecule has 3 rings (SSSR count). The van der Waals surface area contributed by atoms with E-state index in [1.165, 1.54) is 12.1 Å². The highest BCUT2D eigenvalue weighted by Crippen LogP contribution is 2.31. The second-order valence-corrected chi connectivity index (χ2v) is 5.74. The number of rotatable bonds is 5. The molecule has 1 fully saturated rings. The largest absolute Gasteiger partial charge is 0.467 e. The van der Waals surface area contributed by atoms with Crippen molar-refractivity contribution in [1.29, 1.82) is 0 Å². The van der Waals surface area contributed by atoms with Crippen LogP contribution in [0, 0.1) is 5.82 Å². The van der Waals surface area contributed by atoms with E-state index in [1.807, 2.05) is 4.90 Å². The molecule has 0 radical (unpaired) electrons. The number of aliphatic hydroxyl groups is 1. The number of aliphatic hydroxyl groups excluding tert-OH is 1. The minimum Gasteiger partial charge on any atom is -0.467 e. The quantitative estimate of drug-likeness (QED) is 0.883. The summed E-state index contributed by atoms with van der Waals surface area (Å²) in [5, 5.41) is 12.7. The zero-order valence-electron chi connectivity index (χ0n) is 12.6. The number of nitrogens with zero attached hydrogens (tertiary/aromatic N) is 1. The Balaban J connectivity index is 1.60. The first-order valence-corrected chi connectivity index (χ1v) is 7.58. The number of halogens is 1. The van der Waals surface area contributed by atoms with E-state index in [1.54, 1.807) is 30.5 Å². The standard InChI is InChI=1S/C17H19FN2O3/c18-13-5-3-12(4-6-13)16-8-14(21)10-20(16)11-17(22)19-9-15-2-1-7-23-15/h1-7,14,16,21H,8-11H2,(H,19,22)/t14-,16+/m0/s1. The maximum Gasteiger partial charge on any atom is 0.234 e. The Bertz CT molecular complexity index is 642. The van der Waals surface area contributed by atoms with Crippen LogP contribution in [0.25, 0.3) is 0 Å². The molecular weight excluding hydrogens is 299 g/mol. The summed E-state index contributed by atoms with van der Waals surface area (Å²) >= 11 is 0. The van der Waals surface area contributed by atoms with Crippen molar-refractivity contribution in [3.63, 3.8) is 0 Å². The van der Waals surface area contributed by atoms with Crippen molar-refractivity contribution in [2.24, 2.45) is 0 Å². The normalized spacial score (nSPS) is 21.5. The van der Waals surface area contributed by atoms with Crippen molar-refractivity contribution in [1.82, 2.24) is 10.2 Å². The molecule has 0 saturated carbocycles. The highest BCUT2D eigenvalue weighted by molar-refractivity contribution is 5.78. The van der Waals surface area contributed by atoms with Crippen LogP contribution in [0.5, 0.6) is 0 Å². The molecule has 0 aliphatic carbocycles. The predicted octanol–water partition coefficient (Wildman–Crippen LogP) is 1.84. The molecule has 0 bridgehead atoms. The maximum absolute atomic E-state index is 13.1. The minimum atomic E-state index is -0.483. The Hall–Kier alpha value is -2.18. The summed E-state index contributed by atoms with van der Waals surface area (Å²) in [5.74, 6) is 0.257. The lowest BCUT2D eigenvalue weighted by atomic mass is 10.0. The molecule has 23 heavy (non-hydrogen) atoms. The summed E-state index contributed by atoms with van der Waals surface area (Å²) in [6, 6.07) is 9.67. The van der Waals surface area contributed by atoms with E-state index in [0.29, 0.717) is 25.3 Å². The van der Waals surface area contributed by atoms with Crippen LogP contribution < -0.4 is 5.32 Å². The lowest BCUT2D eigenvalue weighted by Crippen LogP contribution is -2.37. The predicted molar refractivity (Wildman–Crippen MR) is 81.9 cm³/mol. The fourth-order valence-electron chi connectivity index (χ4n) is 2.93. The van der Waals surface area contributed by atoms with Crippen molar-refractivity contribution in [3.05, 3.63) is 59.8 Å². The smallest absolute Gasteiger partial charge is 0.234 e. The fraction of sp³-hybridized carbons (Fsp3) is 0.353. The van der Waals surface area contributed by atoms with Gasteiger partial charge in [0.1, 0.15) is 11.6 Å². The van der Waals surface area contributed by atoms with Crippen LogP contribution in [0.15, 0.2) is 47.1 Å². The molecule has 1 amide bonds. The molecule has 0 unspecified atom stereocenters. The molecule has 2 heterocycles. The number of β-amino-alcohol motifs (C(OH)–C–C–N with tert-alkyl or cyclic N) is 1. The van der Waals surface area contributed by atoms with E-state index in [2.05, 4.69) is 5.32 Å². The van der Waals surface area contributed by atoms with Gasteiger partial charge in [0.2, 0.25) is 5.91 Å². The molecule has 0 spiro atoms. The van der Waals surface area contributed by atoms with Gasteiger partial charge in [-0.2, -0.15) is 0 Å². The highest BCUT2D eigenvalue weighted by Gasteiger charge is 2.33. The molecule has 5 nitrogen and oxygen atoms in total. The van der Waals surface area contributed by atoms with Gasteiger partial charge >= 0.3 is 0 Å². The average molecular weight is 318 g/mol. The number of nitrogens with one attached hydrogen (secondary N) is 1. The van der Waals surface area contributed by atoms with Gasteiger partial charge in [-0.1, -0.05) is 12.1 Å². The van der Waals surface area contributed by atoms with Crippen LogP contribution in [-0.2, 0) is 11.3 Å². The Morgan fingerprint density at radius 1 is 1.35 bits per heavy atom. The minimum absolute atomic E-state index is 0.0834. The van der Waals surface area contributed by atoms with E-state index in [0.717, 1.165) is 5.56 Å². The highest BCUT2D eigenvalue weighted by atomic mass is 19.1. The van der Waals surface area contributed by atoms with Crippen molar-refractivity contribution < 1.29 is 18.7 Å². The molecule has 6 heteroatoms.